The molecule has 20 heavy (non-hydrogen) atoms. The van der Waals surface area contributed by atoms with Gasteiger partial charge in [-0.2, -0.15) is 0 Å². The summed E-state index contributed by atoms with van der Waals surface area (Å²) in [5, 5.41) is 13.2. The maximum atomic E-state index is 10.2. The molecule has 0 aliphatic carbocycles. The molecule has 0 amide bonds. The van der Waals surface area contributed by atoms with E-state index in [0.717, 1.165) is 11.7 Å². The molecular formula is C15H28N2OS2. The molecule has 1 fully saturated rings. The molecule has 1 unspecified atom stereocenters. The lowest BCUT2D eigenvalue weighted by atomic mass is 10.0. The Hall–Kier alpha value is -0.130. The third-order valence-electron chi connectivity index (χ3n) is 3.75. The molecular weight excluding hydrogens is 288 g/mol. The number of rotatable bonds is 6. The van der Waals surface area contributed by atoms with Crippen molar-refractivity contribution in [3.8, 4) is 0 Å². The Balaban J connectivity index is 2.59. The number of piperidine rings is 1. The van der Waals surface area contributed by atoms with Crippen LogP contribution in [-0.2, 0) is 0 Å². The molecule has 1 aliphatic heterocycles. The maximum absolute atomic E-state index is 10.2. The van der Waals surface area contributed by atoms with Gasteiger partial charge in [-0.25, -0.2) is 0 Å². The van der Waals surface area contributed by atoms with Gasteiger partial charge in [0.15, 0.2) is 5.17 Å². The Morgan fingerprint density at radius 1 is 1.55 bits per heavy atom. The summed E-state index contributed by atoms with van der Waals surface area (Å²) in [6, 6.07) is 0.613. The van der Waals surface area contributed by atoms with Crippen LogP contribution >= 0.6 is 23.5 Å². The summed E-state index contributed by atoms with van der Waals surface area (Å²) in [7, 11) is 1.86. The third kappa shape index (κ3) is 5.34. The molecule has 1 heterocycles. The molecule has 1 aliphatic rings. The Bertz CT molecular complexity index is 323. The van der Waals surface area contributed by atoms with Crippen LogP contribution in [0.4, 0.5) is 0 Å². The van der Waals surface area contributed by atoms with Crippen LogP contribution in [-0.4, -0.2) is 51.9 Å². The number of thioether (sulfide) groups is 2. The van der Waals surface area contributed by atoms with E-state index in [1.807, 2.05) is 7.05 Å². The average molecular weight is 317 g/mol. The van der Waals surface area contributed by atoms with Crippen molar-refractivity contribution < 1.29 is 5.11 Å². The highest BCUT2D eigenvalue weighted by molar-refractivity contribution is 8.14. The minimum absolute atomic E-state index is 0.153. The zero-order valence-electron chi connectivity index (χ0n) is 12.9. The molecule has 0 aromatic rings. The van der Waals surface area contributed by atoms with Gasteiger partial charge in [0.25, 0.3) is 0 Å². The fraction of sp³-hybridized carbons (Fsp3) is 0.800. The standard InChI is InChI=1S/C15H28N2OS2/c1-5-13-9-7-8-10-17(13)15(16-4)20-12(3)14(18)11-19-6-2/h6,12-14,18H,2,5,7-11H2,1,3-4H3/t12?,13-,14+/m1/s1. The smallest absolute Gasteiger partial charge is 0.159 e. The fourth-order valence-electron chi connectivity index (χ4n) is 2.47. The Labute approximate surface area is 132 Å². The Kier molecular flexibility index (Phi) is 8.73. The lowest BCUT2D eigenvalue weighted by Crippen LogP contribution is -2.43. The molecule has 0 spiro atoms. The van der Waals surface area contributed by atoms with Crippen molar-refractivity contribution in [3.63, 3.8) is 0 Å². The molecule has 0 bridgehead atoms. The van der Waals surface area contributed by atoms with Gasteiger partial charge in [0.2, 0.25) is 0 Å². The summed E-state index contributed by atoms with van der Waals surface area (Å²) in [6.07, 6.45) is 4.68. The normalized spacial score (nSPS) is 23.5. The van der Waals surface area contributed by atoms with Gasteiger partial charge in [0, 0.05) is 30.6 Å². The second-order valence-corrected chi connectivity index (χ2v) is 7.49. The minimum Gasteiger partial charge on any atom is -0.391 e. The first-order valence-corrected chi connectivity index (χ1v) is 9.37. The van der Waals surface area contributed by atoms with Crippen LogP contribution in [0.15, 0.2) is 17.0 Å². The number of likely N-dealkylation sites (tertiary alicyclic amines) is 1. The maximum Gasteiger partial charge on any atom is 0.159 e. The van der Waals surface area contributed by atoms with Gasteiger partial charge in [-0.3, -0.25) is 4.99 Å². The topological polar surface area (TPSA) is 35.8 Å². The van der Waals surface area contributed by atoms with Crippen molar-refractivity contribution in [2.75, 3.05) is 19.3 Å². The number of hydrogen-bond donors (Lipinski definition) is 1. The van der Waals surface area contributed by atoms with Gasteiger partial charge >= 0.3 is 0 Å². The van der Waals surface area contributed by atoms with Gasteiger partial charge in [0.1, 0.15) is 0 Å². The van der Waals surface area contributed by atoms with E-state index in [1.54, 1.807) is 28.9 Å². The molecule has 116 valence electrons. The first-order valence-electron chi connectivity index (χ1n) is 7.44. The quantitative estimate of drug-likeness (QED) is 0.600. The zero-order valence-corrected chi connectivity index (χ0v) is 14.6. The van der Waals surface area contributed by atoms with E-state index in [9.17, 15) is 5.11 Å². The van der Waals surface area contributed by atoms with Gasteiger partial charge in [0.05, 0.1) is 6.10 Å². The first kappa shape index (κ1) is 17.9. The molecule has 5 heteroatoms. The monoisotopic (exact) mass is 316 g/mol. The number of aliphatic hydroxyl groups is 1. The van der Waals surface area contributed by atoms with Gasteiger partial charge < -0.3 is 10.0 Å². The summed E-state index contributed by atoms with van der Waals surface area (Å²) in [5.74, 6) is 0.700. The predicted molar refractivity (Wildman–Crippen MR) is 93.7 cm³/mol. The van der Waals surface area contributed by atoms with Crippen molar-refractivity contribution in [2.24, 2.45) is 4.99 Å². The van der Waals surface area contributed by atoms with Crippen molar-refractivity contribution in [3.05, 3.63) is 12.0 Å². The highest BCUT2D eigenvalue weighted by Crippen LogP contribution is 2.27. The Morgan fingerprint density at radius 3 is 2.90 bits per heavy atom. The van der Waals surface area contributed by atoms with E-state index >= 15 is 0 Å². The summed E-state index contributed by atoms with van der Waals surface area (Å²) in [4.78, 5) is 6.92. The van der Waals surface area contributed by atoms with Gasteiger partial charge in [-0.15, -0.1) is 11.8 Å². The molecule has 0 aromatic heterocycles. The minimum atomic E-state index is -0.329. The van der Waals surface area contributed by atoms with Crippen LogP contribution in [0, 0.1) is 0 Å². The van der Waals surface area contributed by atoms with Crippen LogP contribution in [0.3, 0.4) is 0 Å². The van der Waals surface area contributed by atoms with Crippen LogP contribution in [0.2, 0.25) is 0 Å². The van der Waals surface area contributed by atoms with E-state index in [0.29, 0.717) is 11.8 Å². The van der Waals surface area contributed by atoms with Crippen molar-refractivity contribution in [1.82, 2.24) is 4.90 Å². The van der Waals surface area contributed by atoms with Crippen LogP contribution in [0.25, 0.3) is 0 Å². The number of nitrogens with zero attached hydrogens (tertiary/aromatic N) is 2. The molecule has 0 radical (unpaired) electrons. The second-order valence-electron chi connectivity index (χ2n) is 5.15. The highest BCUT2D eigenvalue weighted by Gasteiger charge is 2.26. The summed E-state index contributed by atoms with van der Waals surface area (Å²) in [5.41, 5.74) is 0. The molecule has 3 nitrogen and oxygen atoms in total. The largest absolute Gasteiger partial charge is 0.391 e. The zero-order chi connectivity index (χ0) is 15.0. The number of amidine groups is 1. The van der Waals surface area contributed by atoms with Gasteiger partial charge in [-0.1, -0.05) is 32.2 Å². The second kappa shape index (κ2) is 9.74. The molecule has 0 aromatic carbocycles. The number of aliphatic hydroxyl groups excluding tert-OH is 1. The van der Waals surface area contributed by atoms with Crippen LogP contribution < -0.4 is 0 Å². The summed E-state index contributed by atoms with van der Waals surface area (Å²) in [6.45, 7) is 9.10. The lowest BCUT2D eigenvalue weighted by Gasteiger charge is -2.38. The fourth-order valence-corrected chi connectivity index (χ4v) is 4.28. The number of aliphatic imine (C=N–C) groups is 1. The summed E-state index contributed by atoms with van der Waals surface area (Å²) < 4.78 is 0. The van der Waals surface area contributed by atoms with Crippen molar-refractivity contribution >= 4 is 28.7 Å². The van der Waals surface area contributed by atoms with E-state index in [1.165, 1.54) is 25.7 Å². The van der Waals surface area contributed by atoms with Gasteiger partial charge in [-0.05, 0) is 31.1 Å². The van der Waals surface area contributed by atoms with E-state index in [2.05, 4.69) is 30.3 Å². The van der Waals surface area contributed by atoms with Crippen LogP contribution in [0.1, 0.15) is 39.5 Å². The SMILES string of the molecule is C=CSC[C@H](O)C(C)SC(=NC)N1CCCC[C@H]1CC. The van der Waals surface area contributed by atoms with E-state index in [-0.39, 0.29) is 11.4 Å². The molecule has 3 atom stereocenters. The summed E-state index contributed by atoms with van der Waals surface area (Å²) >= 11 is 3.27. The van der Waals surface area contributed by atoms with Crippen LogP contribution in [0.5, 0.6) is 0 Å². The highest BCUT2D eigenvalue weighted by atomic mass is 32.2. The predicted octanol–water partition coefficient (Wildman–Crippen LogP) is 3.60. The molecule has 1 N–H and O–H groups in total. The first-order chi connectivity index (χ1) is 9.63. The molecule has 1 rings (SSSR count). The molecule has 1 saturated heterocycles. The Morgan fingerprint density at radius 2 is 2.30 bits per heavy atom. The molecule has 0 saturated carbocycles. The van der Waals surface area contributed by atoms with E-state index < -0.39 is 0 Å². The van der Waals surface area contributed by atoms with E-state index in [4.69, 9.17) is 0 Å². The third-order valence-corrected chi connectivity index (χ3v) is 5.84. The lowest BCUT2D eigenvalue weighted by molar-refractivity contribution is 0.201. The average Bonchev–Trinajstić information content (AvgIpc) is 2.49. The van der Waals surface area contributed by atoms with Crippen molar-refractivity contribution in [2.45, 2.75) is 56.9 Å². The van der Waals surface area contributed by atoms with Crippen molar-refractivity contribution in [1.29, 1.82) is 0 Å². The number of hydrogen-bond acceptors (Lipinski definition) is 4.